The number of rotatable bonds is 8. The number of hydrogen-bond acceptors (Lipinski definition) is 6. The molecule has 3 aromatic carbocycles. The second-order valence-corrected chi connectivity index (χ2v) is 9.11. The number of aromatic nitrogens is 3. The summed E-state index contributed by atoms with van der Waals surface area (Å²) >= 11 is 7.22. The SMILES string of the molecule is COc1ccc(-n2c(SCC(=O)N/N=C(/C)c3ccc(Cl)cc3)nnc2-c2ccc(C)cc2)cc1. The van der Waals surface area contributed by atoms with Crippen LogP contribution in [0.2, 0.25) is 5.02 Å². The van der Waals surface area contributed by atoms with Crippen molar-refractivity contribution in [1.82, 2.24) is 20.2 Å². The molecule has 0 saturated carbocycles. The highest BCUT2D eigenvalue weighted by Gasteiger charge is 2.17. The molecule has 7 nitrogen and oxygen atoms in total. The smallest absolute Gasteiger partial charge is 0.250 e. The van der Waals surface area contributed by atoms with Gasteiger partial charge in [-0.05, 0) is 55.8 Å². The van der Waals surface area contributed by atoms with Crippen LogP contribution in [-0.4, -0.2) is 39.2 Å². The van der Waals surface area contributed by atoms with Gasteiger partial charge in [0.15, 0.2) is 11.0 Å². The van der Waals surface area contributed by atoms with E-state index in [1.807, 2.05) is 79.1 Å². The Morgan fingerprint density at radius 1 is 1.03 bits per heavy atom. The summed E-state index contributed by atoms with van der Waals surface area (Å²) in [5.74, 6) is 1.32. The molecule has 0 radical (unpaired) electrons. The molecule has 0 bridgehead atoms. The minimum Gasteiger partial charge on any atom is -0.497 e. The van der Waals surface area contributed by atoms with Gasteiger partial charge in [-0.15, -0.1) is 10.2 Å². The Bertz CT molecular complexity index is 1330. The van der Waals surface area contributed by atoms with Crippen molar-refractivity contribution in [3.05, 3.63) is 88.9 Å². The quantitative estimate of drug-likeness (QED) is 0.193. The molecule has 0 aliphatic heterocycles. The lowest BCUT2D eigenvalue weighted by molar-refractivity contribution is -0.118. The summed E-state index contributed by atoms with van der Waals surface area (Å²) in [6.07, 6.45) is 0. The van der Waals surface area contributed by atoms with Crippen molar-refractivity contribution in [3.63, 3.8) is 0 Å². The van der Waals surface area contributed by atoms with E-state index >= 15 is 0 Å². The van der Waals surface area contributed by atoms with E-state index in [0.29, 0.717) is 21.7 Å². The number of carbonyl (C=O) groups excluding carboxylic acids is 1. The van der Waals surface area contributed by atoms with Crippen LogP contribution >= 0.6 is 23.4 Å². The first-order valence-corrected chi connectivity index (χ1v) is 12.2. The molecule has 0 saturated heterocycles. The van der Waals surface area contributed by atoms with E-state index in [4.69, 9.17) is 16.3 Å². The highest BCUT2D eigenvalue weighted by atomic mass is 35.5. The number of hydrogen-bond donors (Lipinski definition) is 1. The number of amides is 1. The first-order chi connectivity index (χ1) is 16.9. The number of nitrogens with one attached hydrogen (secondary N) is 1. The minimum absolute atomic E-state index is 0.125. The van der Waals surface area contributed by atoms with E-state index in [1.54, 1.807) is 19.2 Å². The van der Waals surface area contributed by atoms with Crippen LogP contribution in [0.4, 0.5) is 0 Å². The van der Waals surface area contributed by atoms with Gasteiger partial charge < -0.3 is 4.74 Å². The third-order valence-electron chi connectivity index (χ3n) is 5.22. The summed E-state index contributed by atoms with van der Waals surface area (Å²) in [5, 5.41) is 14.2. The summed E-state index contributed by atoms with van der Waals surface area (Å²) in [6, 6.07) is 23.0. The van der Waals surface area contributed by atoms with Crippen LogP contribution in [0.5, 0.6) is 5.75 Å². The van der Waals surface area contributed by atoms with Gasteiger partial charge in [-0.25, -0.2) is 5.43 Å². The molecule has 1 N–H and O–H groups in total. The Morgan fingerprint density at radius 3 is 2.37 bits per heavy atom. The van der Waals surface area contributed by atoms with Gasteiger partial charge in [0.1, 0.15) is 5.75 Å². The van der Waals surface area contributed by atoms with Gasteiger partial charge in [-0.1, -0.05) is 65.3 Å². The van der Waals surface area contributed by atoms with Crippen LogP contribution in [0.15, 0.2) is 83.1 Å². The molecule has 4 rings (SSSR count). The summed E-state index contributed by atoms with van der Waals surface area (Å²) in [6.45, 7) is 3.86. The van der Waals surface area contributed by atoms with Crippen LogP contribution < -0.4 is 10.2 Å². The molecule has 9 heteroatoms. The fourth-order valence-electron chi connectivity index (χ4n) is 3.28. The van der Waals surface area contributed by atoms with Crippen LogP contribution in [0.1, 0.15) is 18.1 Å². The fraction of sp³-hybridized carbons (Fsp3) is 0.154. The highest BCUT2D eigenvalue weighted by molar-refractivity contribution is 7.99. The molecule has 35 heavy (non-hydrogen) atoms. The molecule has 1 amide bonds. The van der Waals surface area contributed by atoms with Gasteiger partial charge in [0.25, 0.3) is 5.91 Å². The number of thioether (sulfide) groups is 1. The molecule has 1 aromatic heterocycles. The maximum absolute atomic E-state index is 12.5. The number of carbonyl (C=O) groups is 1. The van der Waals surface area contributed by atoms with Gasteiger partial charge in [0.05, 0.1) is 18.6 Å². The molecular weight excluding hydrogens is 482 g/mol. The van der Waals surface area contributed by atoms with E-state index in [0.717, 1.165) is 28.1 Å². The van der Waals surface area contributed by atoms with Crippen molar-refractivity contribution in [1.29, 1.82) is 0 Å². The molecule has 0 aliphatic rings. The summed E-state index contributed by atoms with van der Waals surface area (Å²) < 4.78 is 7.22. The topological polar surface area (TPSA) is 81.4 Å². The third-order valence-corrected chi connectivity index (χ3v) is 6.40. The maximum atomic E-state index is 12.5. The molecule has 0 fully saturated rings. The van der Waals surface area contributed by atoms with E-state index in [-0.39, 0.29) is 11.7 Å². The lowest BCUT2D eigenvalue weighted by Crippen LogP contribution is -2.21. The van der Waals surface area contributed by atoms with Crippen LogP contribution in [-0.2, 0) is 4.79 Å². The van der Waals surface area contributed by atoms with Gasteiger partial charge in [0, 0.05) is 16.3 Å². The number of nitrogens with zero attached hydrogens (tertiary/aromatic N) is 4. The number of benzene rings is 3. The first kappa shape index (κ1) is 24.5. The summed E-state index contributed by atoms with van der Waals surface area (Å²) in [5.41, 5.74) is 7.12. The minimum atomic E-state index is -0.246. The van der Waals surface area contributed by atoms with E-state index in [2.05, 4.69) is 20.7 Å². The largest absolute Gasteiger partial charge is 0.497 e. The fourth-order valence-corrected chi connectivity index (χ4v) is 4.15. The van der Waals surface area contributed by atoms with Crippen LogP contribution in [0, 0.1) is 6.92 Å². The molecular formula is C26H24ClN5O2S. The number of methoxy groups -OCH3 is 1. The van der Waals surface area contributed by atoms with E-state index < -0.39 is 0 Å². The monoisotopic (exact) mass is 505 g/mol. The summed E-state index contributed by atoms with van der Waals surface area (Å²) in [7, 11) is 1.63. The Labute approximate surface area is 213 Å². The number of halogens is 1. The molecule has 0 aliphatic carbocycles. The van der Waals surface area contributed by atoms with Gasteiger partial charge in [0.2, 0.25) is 0 Å². The first-order valence-electron chi connectivity index (χ1n) is 10.8. The normalized spacial score (nSPS) is 11.4. The van der Waals surface area contributed by atoms with Crippen LogP contribution in [0.3, 0.4) is 0 Å². The van der Waals surface area contributed by atoms with Gasteiger partial charge in [-0.3, -0.25) is 9.36 Å². The molecule has 0 atom stereocenters. The van der Waals surface area contributed by atoms with Crippen molar-refractivity contribution in [2.24, 2.45) is 5.10 Å². The van der Waals surface area contributed by atoms with Gasteiger partial charge >= 0.3 is 0 Å². The molecule has 1 heterocycles. The lowest BCUT2D eigenvalue weighted by atomic mass is 10.1. The lowest BCUT2D eigenvalue weighted by Gasteiger charge is -2.11. The zero-order valence-electron chi connectivity index (χ0n) is 19.5. The Kier molecular flexibility index (Phi) is 7.84. The Hall–Kier alpha value is -3.62. The average Bonchev–Trinajstić information content (AvgIpc) is 3.31. The second kappa shape index (κ2) is 11.2. The number of hydrazone groups is 1. The van der Waals surface area contributed by atoms with Crippen molar-refractivity contribution in [2.75, 3.05) is 12.9 Å². The Balaban J connectivity index is 1.53. The summed E-state index contributed by atoms with van der Waals surface area (Å²) in [4.78, 5) is 12.5. The van der Waals surface area contributed by atoms with Crippen molar-refractivity contribution in [3.8, 4) is 22.8 Å². The highest BCUT2D eigenvalue weighted by Crippen LogP contribution is 2.29. The third kappa shape index (κ3) is 6.09. The van der Waals surface area contributed by atoms with Crippen molar-refractivity contribution in [2.45, 2.75) is 19.0 Å². The zero-order chi connectivity index (χ0) is 24.8. The predicted octanol–water partition coefficient (Wildman–Crippen LogP) is 5.54. The Morgan fingerprint density at radius 2 is 1.71 bits per heavy atom. The van der Waals surface area contributed by atoms with Crippen molar-refractivity contribution >= 4 is 35.0 Å². The zero-order valence-corrected chi connectivity index (χ0v) is 21.1. The molecule has 4 aromatic rings. The van der Waals surface area contributed by atoms with E-state index in [1.165, 1.54) is 11.8 Å². The van der Waals surface area contributed by atoms with E-state index in [9.17, 15) is 4.79 Å². The second-order valence-electron chi connectivity index (χ2n) is 7.73. The molecule has 0 spiro atoms. The predicted molar refractivity (Wildman–Crippen MR) is 141 cm³/mol. The average molecular weight is 506 g/mol. The molecule has 0 unspecified atom stereocenters. The standard InChI is InChI=1S/C26H24ClN5O2S/c1-17-4-6-20(7-5-17)25-30-31-26(32(25)22-12-14-23(34-3)15-13-22)35-16-24(33)29-28-18(2)19-8-10-21(27)11-9-19/h4-15H,16H2,1-3H3,(H,29,33)/b28-18-. The van der Waals surface area contributed by atoms with Gasteiger partial charge in [-0.2, -0.15) is 5.10 Å². The molecule has 178 valence electrons. The van der Waals surface area contributed by atoms with Crippen molar-refractivity contribution < 1.29 is 9.53 Å². The maximum Gasteiger partial charge on any atom is 0.250 e. The number of ether oxygens (including phenoxy) is 1. The number of aryl methyl sites for hydroxylation is 1. The van der Waals surface area contributed by atoms with Crippen LogP contribution in [0.25, 0.3) is 17.1 Å².